The number of anilines is 1. The zero-order valence-corrected chi connectivity index (χ0v) is 9.85. The number of para-hydroxylation sites is 1. The van der Waals surface area contributed by atoms with Crippen molar-refractivity contribution in [1.29, 1.82) is 5.26 Å². The average Bonchev–Trinajstić information content (AvgIpc) is 2.84. The van der Waals surface area contributed by atoms with Crippen molar-refractivity contribution in [3.05, 3.63) is 29.8 Å². The van der Waals surface area contributed by atoms with Crippen LogP contribution >= 0.6 is 0 Å². The summed E-state index contributed by atoms with van der Waals surface area (Å²) < 4.78 is 5.82. The number of fused-ring (bicyclic) bond motifs is 1. The molecule has 3 rings (SSSR count). The maximum atomic E-state index is 12.5. The minimum absolute atomic E-state index is 0.264. The fourth-order valence-electron chi connectivity index (χ4n) is 2.52. The van der Waals surface area contributed by atoms with Gasteiger partial charge in [0, 0.05) is 12.1 Å². The second-order valence-electron chi connectivity index (χ2n) is 4.58. The van der Waals surface area contributed by atoms with Crippen LogP contribution in [0.5, 0.6) is 0 Å². The summed E-state index contributed by atoms with van der Waals surface area (Å²) in [6.45, 7) is 1.57. The second kappa shape index (κ2) is 4.09. The molecule has 1 saturated heterocycles. The van der Waals surface area contributed by atoms with Crippen LogP contribution in [0.15, 0.2) is 24.3 Å². The van der Waals surface area contributed by atoms with Gasteiger partial charge in [0.1, 0.15) is 0 Å². The van der Waals surface area contributed by atoms with Gasteiger partial charge in [-0.3, -0.25) is 4.79 Å². The van der Waals surface area contributed by atoms with Crippen molar-refractivity contribution in [2.75, 3.05) is 18.0 Å². The van der Waals surface area contributed by atoms with Crippen LogP contribution in [0.3, 0.4) is 0 Å². The Hall–Kier alpha value is -1.90. The van der Waals surface area contributed by atoms with Crippen molar-refractivity contribution < 1.29 is 9.53 Å². The lowest BCUT2D eigenvalue weighted by Gasteiger charge is -2.26. The van der Waals surface area contributed by atoms with Gasteiger partial charge in [-0.2, -0.15) is 5.26 Å². The number of benzene rings is 1. The number of nitriles is 1. The number of hydrogen-bond acceptors (Lipinski definition) is 4. The number of nitrogens with one attached hydrogen (secondary N) is 1. The first kappa shape index (κ1) is 11.2. The fourth-order valence-corrected chi connectivity index (χ4v) is 2.52. The van der Waals surface area contributed by atoms with E-state index in [1.54, 1.807) is 6.07 Å². The van der Waals surface area contributed by atoms with Gasteiger partial charge < -0.3 is 10.1 Å². The fraction of sp³-hybridized carbons (Fsp3) is 0.385. The monoisotopic (exact) mass is 243 g/mol. The van der Waals surface area contributed by atoms with Crippen molar-refractivity contribution in [2.24, 2.45) is 0 Å². The van der Waals surface area contributed by atoms with Gasteiger partial charge in [-0.25, -0.2) is 4.90 Å². The summed E-state index contributed by atoms with van der Waals surface area (Å²) in [5, 5.41) is 12.4. The molecule has 2 aliphatic heterocycles. The number of rotatable bonds is 0. The van der Waals surface area contributed by atoms with Gasteiger partial charge in [-0.1, -0.05) is 18.2 Å². The average molecular weight is 243 g/mol. The van der Waals surface area contributed by atoms with Crippen molar-refractivity contribution >= 4 is 11.6 Å². The van der Waals surface area contributed by atoms with Gasteiger partial charge in [0.05, 0.1) is 12.3 Å². The standard InChI is InChI=1S/C13H13N3O2/c14-9-16-11-4-2-1-3-10(11)7-18-13(12(16)17)5-6-15-8-13/h1-4,15H,5-8H2. The smallest absolute Gasteiger partial charge is 0.273 e. The molecule has 18 heavy (non-hydrogen) atoms. The summed E-state index contributed by atoms with van der Waals surface area (Å²) in [5.74, 6) is -0.264. The van der Waals surface area contributed by atoms with Crippen LogP contribution < -0.4 is 10.2 Å². The number of carbonyl (C=O) groups is 1. The summed E-state index contributed by atoms with van der Waals surface area (Å²) in [6.07, 6.45) is 2.59. The Morgan fingerprint density at radius 1 is 1.44 bits per heavy atom. The predicted octanol–water partition coefficient (Wildman–Crippen LogP) is 0.763. The molecule has 0 radical (unpaired) electrons. The largest absolute Gasteiger partial charge is 0.359 e. The maximum absolute atomic E-state index is 12.5. The van der Waals surface area contributed by atoms with Crippen LogP contribution in [0.2, 0.25) is 0 Å². The molecule has 0 bridgehead atoms. The Morgan fingerprint density at radius 2 is 2.28 bits per heavy atom. The van der Waals surface area contributed by atoms with E-state index in [0.29, 0.717) is 25.3 Å². The summed E-state index contributed by atoms with van der Waals surface area (Å²) >= 11 is 0. The molecular weight excluding hydrogens is 230 g/mol. The molecule has 0 aromatic heterocycles. The van der Waals surface area contributed by atoms with Crippen molar-refractivity contribution in [3.63, 3.8) is 0 Å². The Morgan fingerprint density at radius 3 is 3.00 bits per heavy atom. The quantitative estimate of drug-likeness (QED) is 0.683. The molecule has 5 nitrogen and oxygen atoms in total. The molecule has 2 heterocycles. The van der Waals surface area contributed by atoms with E-state index in [1.807, 2.05) is 24.4 Å². The molecule has 1 spiro atoms. The first-order valence-electron chi connectivity index (χ1n) is 5.94. The van der Waals surface area contributed by atoms with E-state index >= 15 is 0 Å². The maximum Gasteiger partial charge on any atom is 0.273 e. The lowest BCUT2D eigenvalue weighted by Crippen LogP contribution is -2.49. The van der Waals surface area contributed by atoms with E-state index in [2.05, 4.69) is 5.32 Å². The summed E-state index contributed by atoms with van der Waals surface area (Å²) in [7, 11) is 0. The number of amides is 1. The first-order chi connectivity index (χ1) is 8.77. The first-order valence-corrected chi connectivity index (χ1v) is 5.94. The third kappa shape index (κ3) is 1.50. The number of hydrogen-bond donors (Lipinski definition) is 1. The zero-order chi connectivity index (χ0) is 12.6. The minimum Gasteiger partial charge on any atom is -0.359 e. The summed E-state index contributed by atoms with van der Waals surface area (Å²) in [6, 6.07) is 7.37. The SMILES string of the molecule is N#CN1C(=O)C2(CCNC2)OCc2ccccc21. The van der Waals surface area contributed by atoms with Crippen LogP contribution in [0, 0.1) is 11.5 Å². The van der Waals surface area contributed by atoms with E-state index in [9.17, 15) is 10.1 Å². The summed E-state index contributed by atoms with van der Waals surface area (Å²) in [5.41, 5.74) is 0.624. The molecule has 1 amide bonds. The van der Waals surface area contributed by atoms with E-state index in [1.165, 1.54) is 0 Å². The van der Waals surface area contributed by atoms with Crippen LogP contribution in [-0.4, -0.2) is 24.6 Å². The van der Waals surface area contributed by atoms with Crippen molar-refractivity contribution in [1.82, 2.24) is 5.32 Å². The molecule has 1 N–H and O–H groups in total. The predicted molar refractivity (Wildman–Crippen MR) is 64.5 cm³/mol. The third-order valence-electron chi connectivity index (χ3n) is 3.55. The highest BCUT2D eigenvalue weighted by Gasteiger charge is 2.47. The molecule has 2 aliphatic rings. The van der Waals surface area contributed by atoms with Gasteiger partial charge in [0.15, 0.2) is 11.8 Å². The van der Waals surface area contributed by atoms with Gasteiger partial charge in [-0.15, -0.1) is 0 Å². The van der Waals surface area contributed by atoms with Gasteiger partial charge in [0.25, 0.3) is 5.91 Å². The Labute approximate surface area is 105 Å². The summed E-state index contributed by atoms with van der Waals surface area (Å²) in [4.78, 5) is 13.7. The number of ether oxygens (including phenoxy) is 1. The zero-order valence-electron chi connectivity index (χ0n) is 9.85. The van der Waals surface area contributed by atoms with Crippen LogP contribution in [-0.2, 0) is 16.1 Å². The topological polar surface area (TPSA) is 65.4 Å². The van der Waals surface area contributed by atoms with Crippen LogP contribution in [0.25, 0.3) is 0 Å². The molecular formula is C13H13N3O2. The van der Waals surface area contributed by atoms with E-state index in [-0.39, 0.29) is 5.91 Å². The van der Waals surface area contributed by atoms with Crippen LogP contribution in [0.4, 0.5) is 5.69 Å². The highest BCUT2D eigenvalue weighted by molar-refractivity contribution is 6.03. The van der Waals surface area contributed by atoms with Gasteiger partial charge >= 0.3 is 0 Å². The van der Waals surface area contributed by atoms with Crippen molar-refractivity contribution in [3.8, 4) is 6.19 Å². The molecule has 5 heteroatoms. The molecule has 1 unspecified atom stereocenters. The lowest BCUT2D eigenvalue weighted by atomic mass is 10.0. The van der Waals surface area contributed by atoms with E-state index in [0.717, 1.165) is 17.0 Å². The van der Waals surface area contributed by atoms with Crippen molar-refractivity contribution in [2.45, 2.75) is 18.6 Å². The number of carbonyl (C=O) groups excluding carboxylic acids is 1. The minimum atomic E-state index is -0.880. The van der Waals surface area contributed by atoms with Crippen LogP contribution in [0.1, 0.15) is 12.0 Å². The molecule has 1 fully saturated rings. The normalized spacial score (nSPS) is 26.8. The molecule has 1 atom stereocenters. The third-order valence-corrected chi connectivity index (χ3v) is 3.55. The molecule has 0 saturated carbocycles. The highest BCUT2D eigenvalue weighted by Crippen LogP contribution is 2.33. The number of nitrogens with zero attached hydrogens (tertiary/aromatic N) is 2. The lowest BCUT2D eigenvalue weighted by molar-refractivity contribution is -0.141. The Kier molecular flexibility index (Phi) is 2.54. The Balaban J connectivity index is 2.08. The highest BCUT2D eigenvalue weighted by atomic mass is 16.5. The molecule has 92 valence electrons. The Bertz CT molecular complexity index is 529. The van der Waals surface area contributed by atoms with Gasteiger partial charge in [0.2, 0.25) is 0 Å². The van der Waals surface area contributed by atoms with Gasteiger partial charge in [-0.05, 0) is 19.0 Å². The molecule has 0 aliphatic carbocycles. The van der Waals surface area contributed by atoms with E-state index < -0.39 is 5.60 Å². The molecule has 1 aromatic rings. The van der Waals surface area contributed by atoms with E-state index in [4.69, 9.17) is 4.74 Å². The molecule has 1 aromatic carbocycles. The second-order valence-corrected chi connectivity index (χ2v) is 4.58.